The van der Waals surface area contributed by atoms with Gasteiger partial charge in [0.05, 0.1) is 13.2 Å². The van der Waals surface area contributed by atoms with Gasteiger partial charge in [-0.05, 0) is 39.7 Å². The van der Waals surface area contributed by atoms with Gasteiger partial charge in [-0.3, -0.25) is 19.1 Å². The first kappa shape index (κ1) is 23.8. The van der Waals surface area contributed by atoms with E-state index < -0.39 is 5.54 Å². The summed E-state index contributed by atoms with van der Waals surface area (Å²) in [5.41, 5.74) is 0.241. The van der Waals surface area contributed by atoms with E-state index in [1.807, 2.05) is 38.1 Å². The molecule has 1 atom stereocenters. The second-order valence-corrected chi connectivity index (χ2v) is 9.07. The van der Waals surface area contributed by atoms with Gasteiger partial charge in [-0.2, -0.15) is 5.10 Å². The smallest absolute Gasteiger partial charge is 0.273 e. The molecule has 2 aliphatic rings. The van der Waals surface area contributed by atoms with Gasteiger partial charge in [0.1, 0.15) is 17.0 Å². The van der Waals surface area contributed by atoms with Crippen LogP contribution in [0.4, 0.5) is 0 Å². The number of hydrogen-bond donors (Lipinski definition) is 2. The summed E-state index contributed by atoms with van der Waals surface area (Å²) in [6, 6.07) is 9.16. The highest BCUT2D eigenvalue weighted by atomic mass is 16.5. The van der Waals surface area contributed by atoms with Gasteiger partial charge in [0, 0.05) is 30.8 Å². The monoisotopic (exact) mass is 467 g/mol. The SMILES string of the molecule is CCOc1ccccc1CNC(=O)c1cc2n(n1)C[C@](C)(C(=O)NC1CCCC1)N(CC)C2=O. The Morgan fingerprint density at radius 2 is 1.94 bits per heavy atom. The van der Waals surface area contributed by atoms with Crippen LogP contribution in [0.5, 0.6) is 5.75 Å². The molecule has 34 heavy (non-hydrogen) atoms. The molecule has 2 heterocycles. The van der Waals surface area contributed by atoms with E-state index in [2.05, 4.69) is 15.7 Å². The molecule has 1 saturated carbocycles. The third kappa shape index (κ3) is 4.51. The van der Waals surface area contributed by atoms with Crippen LogP contribution in [0.3, 0.4) is 0 Å². The first-order valence-corrected chi connectivity index (χ1v) is 12.1. The number of benzene rings is 1. The van der Waals surface area contributed by atoms with Crippen molar-refractivity contribution in [3.8, 4) is 5.75 Å². The van der Waals surface area contributed by atoms with Gasteiger partial charge >= 0.3 is 0 Å². The zero-order valence-electron chi connectivity index (χ0n) is 20.1. The lowest BCUT2D eigenvalue weighted by Gasteiger charge is -2.43. The largest absolute Gasteiger partial charge is 0.494 e. The Labute approximate surface area is 199 Å². The zero-order chi connectivity index (χ0) is 24.3. The number of para-hydroxylation sites is 1. The van der Waals surface area contributed by atoms with Gasteiger partial charge in [-0.1, -0.05) is 31.0 Å². The third-order valence-corrected chi connectivity index (χ3v) is 6.74. The van der Waals surface area contributed by atoms with Crippen molar-refractivity contribution in [1.82, 2.24) is 25.3 Å². The van der Waals surface area contributed by atoms with Crippen molar-refractivity contribution in [3.63, 3.8) is 0 Å². The van der Waals surface area contributed by atoms with Crippen molar-refractivity contribution in [3.05, 3.63) is 47.3 Å². The molecule has 0 saturated heterocycles. The predicted molar refractivity (Wildman–Crippen MR) is 127 cm³/mol. The van der Waals surface area contributed by atoms with Gasteiger partial charge in [0.25, 0.3) is 11.8 Å². The Hall–Kier alpha value is -3.36. The second-order valence-electron chi connectivity index (χ2n) is 9.07. The van der Waals surface area contributed by atoms with Gasteiger partial charge in [0.2, 0.25) is 5.91 Å². The van der Waals surface area contributed by atoms with Gasteiger partial charge in [-0.15, -0.1) is 0 Å². The summed E-state index contributed by atoms with van der Waals surface area (Å²) in [6.07, 6.45) is 4.14. The molecule has 182 valence electrons. The lowest BCUT2D eigenvalue weighted by molar-refractivity contribution is -0.133. The quantitative estimate of drug-likeness (QED) is 0.621. The van der Waals surface area contributed by atoms with Crippen molar-refractivity contribution in [2.45, 2.75) is 71.1 Å². The van der Waals surface area contributed by atoms with Crippen LogP contribution in [0.2, 0.25) is 0 Å². The number of nitrogens with one attached hydrogen (secondary N) is 2. The van der Waals surface area contributed by atoms with Crippen molar-refractivity contribution in [2.75, 3.05) is 13.2 Å². The van der Waals surface area contributed by atoms with E-state index in [1.54, 1.807) is 11.8 Å². The molecule has 9 heteroatoms. The molecule has 1 aromatic heterocycles. The molecular formula is C25H33N5O4. The summed E-state index contributed by atoms with van der Waals surface area (Å²) in [5, 5.41) is 10.4. The highest BCUT2D eigenvalue weighted by Crippen LogP contribution is 2.28. The fourth-order valence-electron chi connectivity index (χ4n) is 4.87. The Bertz CT molecular complexity index is 1080. The summed E-state index contributed by atoms with van der Waals surface area (Å²) in [5.74, 6) is -0.145. The molecule has 2 aromatic rings. The molecule has 9 nitrogen and oxygen atoms in total. The molecule has 0 unspecified atom stereocenters. The average molecular weight is 468 g/mol. The topological polar surface area (TPSA) is 106 Å². The molecule has 1 aliphatic carbocycles. The normalized spacial score (nSPS) is 20.2. The molecule has 1 aliphatic heterocycles. The summed E-state index contributed by atoms with van der Waals surface area (Å²) in [6.45, 7) is 6.91. The van der Waals surface area contributed by atoms with E-state index in [0.717, 1.165) is 31.2 Å². The van der Waals surface area contributed by atoms with Gasteiger partial charge in [-0.25, -0.2) is 0 Å². The molecule has 1 fully saturated rings. The minimum absolute atomic E-state index is 0.147. The van der Waals surface area contributed by atoms with Crippen LogP contribution in [0.15, 0.2) is 30.3 Å². The molecule has 1 aromatic carbocycles. The minimum Gasteiger partial charge on any atom is -0.494 e. The van der Waals surface area contributed by atoms with Crippen LogP contribution in [-0.4, -0.2) is 57.1 Å². The summed E-state index contributed by atoms with van der Waals surface area (Å²) < 4.78 is 7.11. The fourth-order valence-corrected chi connectivity index (χ4v) is 4.87. The maximum atomic E-state index is 13.3. The van der Waals surface area contributed by atoms with Gasteiger partial charge in [0.15, 0.2) is 5.69 Å². The summed E-state index contributed by atoms with van der Waals surface area (Å²) in [4.78, 5) is 41.0. The minimum atomic E-state index is -1.07. The van der Waals surface area contributed by atoms with E-state index >= 15 is 0 Å². The highest BCUT2D eigenvalue weighted by molar-refractivity contribution is 6.01. The van der Waals surface area contributed by atoms with Crippen molar-refractivity contribution in [2.24, 2.45) is 0 Å². The summed E-state index contributed by atoms with van der Waals surface area (Å²) in [7, 11) is 0. The summed E-state index contributed by atoms with van der Waals surface area (Å²) >= 11 is 0. The number of rotatable bonds is 8. The van der Waals surface area contributed by atoms with E-state index in [-0.39, 0.29) is 42.5 Å². The first-order chi connectivity index (χ1) is 16.4. The van der Waals surface area contributed by atoms with Crippen LogP contribution in [0.1, 0.15) is 73.0 Å². The number of likely N-dealkylation sites (N-methyl/N-ethyl adjacent to an activating group) is 1. The van der Waals surface area contributed by atoms with Crippen LogP contribution in [0.25, 0.3) is 0 Å². The van der Waals surface area contributed by atoms with Crippen molar-refractivity contribution in [1.29, 1.82) is 0 Å². The molecule has 4 rings (SSSR count). The highest BCUT2D eigenvalue weighted by Gasteiger charge is 2.48. The molecule has 0 spiro atoms. The van der Waals surface area contributed by atoms with Gasteiger partial charge < -0.3 is 20.3 Å². The number of nitrogens with zero attached hydrogens (tertiary/aromatic N) is 3. The number of aromatic nitrogens is 2. The predicted octanol–water partition coefficient (Wildman–Crippen LogP) is 2.51. The standard InChI is InChI=1S/C25H33N5O4/c1-4-29-23(32)20-14-19(22(31)26-15-17-10-6-9-13-21(17)34-5-2)28-30(20)16-25(29,3)24(33)27-18-11-7-8-12-18/h6,9-10,13-14,18H,4-5,7-8,11-12,15-16H2,1-3H3,(H,26,31)(H,27,33)/t25-/m1/s1. The number of fused-ring (bicyclic) bond motifs is 1. The fraction of sp³-hybridized carbons (Fsp3) is 0.520. The number of carbonyl (C=O) groups excluding carboxylic acids is 3. The van der Waals surface area contributed by atoms with Crippen LogP contribution < -0.4 is 15.4 Å². The maximum Gasteiger partial charge on any atom is 0.273 e. The Kier molecular flexibility index (Phi) is 6.90. The van der Waals surface area contributed by atoms with Crippen LogP contribution in [0, 0.1) is 0 Å². The van der Waals surface area contributed by atoms with Crippen molar-refractivity contribution < 1.29 is 19.1 Å². The lowest BCUT2D eigenvalue weighted by Crippen LogP contribution is -2.64. The number of hydrogen-bond acceptors (Lipinski definition) is 5. The molecule has 3 amide bonds. The Morgan fingerprint density at radius 3 is 2.65 bits per heavy atom. The van der Waals surface area contributed by atoms with Crippen molar-refractivity contribution >= 4 is 17.7 Å². The van der Waals surface area contributed by atoms with E-state index in [0.29, 0.717) is 24.6 Å². The molecule has 2 N–H and O–H groups in total. The van der Waals surface area contributed by atoms with E-state index in [4.69, 9.17) is 4.74 Å². The van der Waals surface area contributed by atoms with E-state index in [1.165, 1.54) is 10.7 Å². The lowest BCUT2D eigenvalue weighted by atomic mass is 9.94. The Morgan fingerprint density at radius 1 is 1.21 bits per heavy atom. The molecule has 0 bridgehead atoms. The number of amides is 3. The maximum absolute atomic E-state index is 13.3. The van der Waals surface area contributed by atoms with Crippen LogP contribution >= 0.6 is 0 Å². The molecular weight excluding hydrogens is 434 g/mol. The first-order valence-electron chi connectivity index (χ1n) is 12.1. The average Bonchev–Trinajstić information content (AvgIpc) is 3.49. The van der Waals surface area contributed by atoms with E-state index in [9.17, 15) is 14.4 Å². The number of ether oxygens (including phenoxy) is 1. The molecule has 0 radical (unpaired) electrons. The Balaban J connectivity index is 1.51. The zero-order valence-corrected chi connectivity index (χ0v) is 20.1. The van der Waals surface area contributed by atoms with Crippen LogP contribution in [-0.2, 0) is 17.9 Å². The third-order valence-electron chi connectivity index (χ3n) is 6.74. The second kappa shape index (κ2) is 9.87. The number of carbonyl (C=O) groups is 3.